The second-order valence-corrected chi connectivity index (χ2v) is 4.32. The Labute approximate surface area is 90.5 Å². The molecule has 0 N–H and O–H groups in total. The first-order chi connectivity index (χ1) is 6.99. The number of ketones is 1. The number of ether oxygens (including phenoxy) is 1. The zero-order chi connectivity index (χ0) is 11.6. The van der Waals surface area contributed by atoms with E-state index in [9.17, 15) is 9.59 Å². The fourth-order valence-corrected chi connectivity index (χ4v) is 2.02. The molecule has 3 heteroatoms. The molecule has 1 heterocycles. The number of carbonyl (C=O) groups excluding carboxylic acids is 2. The Morgan fingerprint density at radius 3 is 2.60 bits per heavy atom. The van der Waals surface area contributed by atoms with Gasteiger partial charge in [0.05, 0.1) is 5.92 Å². The molecule has 3 nitrogen and oxygen atoms in total. The maximum Gasteiger partial charge on any atom is 0.316 e. The molecule has 1 aliphatic rings. The highest BCUT2D eigenvalue weighted by Crippen LogP contribution is 2.28. The molecule has 1 rings (SSSR count). The summed E-state index contributed by atoms with van der Waals surface area (Å²) in [5, 5.41) is 0. The largest absolute Gasteiger partial charge is 0.461 e. The van der Waals surface area contributed by atoms with E-state index in [-0.39, 0.29) is 29.7 Å². The maximum absolute atomic E-state index is 11.7. The van der Waals surface area contributed by atoms with Crippen LogP contribution >= 0.6 is 0 Å². The lowest BCUT2D eigenvalue weighted by atomic mass is 9.82. The molecule has 0 aromatic carbocycles. The molecule has 0 aliphatic carbocycles. The van der Waals surface area contributed by atoms with Crippen LogP contribution in [0.25, 0.3) is 0 Å². The topological polar surface area (TPSA) is 43.4 Å². The minimum absolute atomic E-state index is 0.00726. The molecule has 0 bridgehead atoms. The third-order valence-corrected chi connectivity index (χ3v) is 3.07. The van der Waals surface area contributed by atoms with Gasteiger partial charge in [-0.15, -0.1) is 6.58 Å². The van der Waals surface area contributed by atoms with E-state index in [2.05, 4.69) is 6.58 Å². The summed E-state index contributed by atoms with van der Waals surface area (Å²) < 4.78 is 5.29. The van der Waals surface area contributed by atoms with Crippen LogP contribution in [0.4, 0.5) is 0 Å². The molecular weight excluding hydrogens is 192 g/mol. The Hall–Kier alpha value is -1.12. The second-order valence-electron chi connectivity index (χ2n) is 4.32. The fraction of sp³-hybridized carbons (Fsp3) is 0.667. The van der Waals surface area contributed by atoms with Crippen LogP contribution in [0.5, 0.6) is 0 Å². The van der Waals surface area contributed by atoms with Crippen LogP contribution in [0.1, 0.15) is 27.2 Å². The van der Waals surface area contributed by atoms with E-state index in [1.165, 1.54) is 0 Å². The van der Waals surface area contributed by atoms with E-state index in [1.54, 1.807) is 13.0 Å². The van der Waals surface area contributed by atoms with Crippen molar-refractivity contribution in [3.05, 3.63) is 12.7 Å². The predicted octanol–water partition coefficient (Wildman–Crippen LogP) is 1.97. The monoisotopic (exact) mass is 210 g/mol. The minimum Gasteiger partial charge on any atom is -0.461 e. The molecular formula is C12H18O3. The van der Waals surface area contributed by atoms with Crippen molar-refractivity contribution in [2.45, 2.75) is 33.3 Å². The van der Waals surface area contributed by atoms with Gasteiger partial charge >= 0.3 is 5.97 Å². The van der Waals surface area contributed by atoms with Crippen molar-refractivity contribution in [3.8, 4) is 0 Å². The SMILES string of the molecule is C=CC[C@H](C)[C@@H]1OC(=O)[C@H](C)C(=O)[C@@H]1C. The van der Waals surface area contributed by atoms with Crippen LogP contribution in [0.15, 0.2) is 12.7 Å². The third kappa shape index (κ3) is 2.28. The standard InChI is InChI=1S/C12H18O3/c1-5-6-7(2)11-8(3)10(13)9(4)12(14)15-11/h5,7-9,11H,1,6H2,2-4H3/t7-,8-,9+,11-/m0/s1. The highest BCUT2D eigenvalue weighted by molar-refractivity contribution is 6.01. The smallest absolute Gasteiger partial charge is 0.316 e. The zero-order valence-electron chi connectivity index (χ0n) is 9.53. The Kier molecular flexibility index (Phi) is 3.66. The lowest BCUT2D eigenvalue weighted by molar-refractivity contribution is -0.172. The molecule has 1 saturated heterocycles. The third-order valence-electron chi connectivity index (χ3n) is 3.07. The van der Waals surface area contributed by atoms with Gasteiger partial charge in [-0.1, -0.05) is 19.9 Å². The average Bonchev–Trinajstić information content (AvgIpc) is 2.20. The van der Waals surface area contributed by atoms with Gasteiger partial charge < -0.3 is 4.74 Å². The van der Waals surface area contributed by atoms with Crippen LogP contribution < -0.4 is 0 Å². The van der Waals surface area contributed by atoms with Gasteiger partial charge in [-0.2, -0.15) is 0 Å². The number of rotatable bonds is 3. The van der Waals surface area contributed by atoms with E-state index >= 15 is 0 Å². The van der Waals surface area contributed by atoms with Gasteiger partial charge in [0.15, 0.2) is 5.78 Å². The Morgan fingerprint density at radius 1 is 1.47 bits per heavy atom. The van der Waals surface area contributed by atoms with Gasteiger partial charge in [0, 0.05) is 0 Å². The molecule has 84 valence electrons. The molecule has 4 atom stereocenters. The maximum atomic E-state index is 11.7. The average molecular weight is 210 g/mol. The van der Waals surface area contributed by atoms with Gasteiger partial charge in [0.1, 0.15) is 12.0 Å². The summed E-state index contributed by atoms with van der Waals surface area (Å²) in [6.07, 6.45) is 2.25. The van der Waals surface area contributed by atoms with Crippen molar-refractivity contribution in [3.63, 3.8) is 0 Å². The van der Waals surface area contributed by atoms with Crippen LogP contribution in [0.2, 0.25) is 0 Å². The number of esters is 1. The van der Waals surface area contributed by atoms with E-state index in [0.29, 0.717) is 0 Å². The van der Waals surface area contributed by atoms with Gasteiger partial charge in [-0.3, -0.25) is 9.59 Å². The number of hydrogen-bond donors (Lipinski definition) is 0. The molecule has 0 unspecified atom stereocenters. The molecule has 1 aliphatic heterocycles. The van der Waals surface area contributed by atoms with Crippen molar-refractivity contribution >= 4 is 11.8 Å². The molecule has 0 aromatic rings. The van der Waals surface area contributed by atoms with E-state index < -0.39 is 5.92 Å². The summed E-state index contributed by atoms with van der Waals surface area (Å²) in [5.74, 6) is -1.05. The molecule has 0 amide bonds. The summed E-state index contributed by atoms with van der Waals surface area (Å²) in [6.45, 7) is 9.06. The molecule has 1 fully saturated rings. The van der Waals surface area contributed by atoms with Crippen molar-refractivity contribution in [1.82, 2.24) is 0 Å². The number of cyclic esters (lactones) is 1. The highest BCUT2D eigenvalue weighted by Gasteiger charge is 2.41. The summed E-state index contributed by atoms with van der Waals surface area (Å²) in [7, 11) is 0. The van der Waals surface area contributed by atoms with Crippen molar-refractivity contribution in [2.24, 2.45) is 17.8 Å². The summed E-state index contributed by atoms with van der Waals surface area (Å²) in [5.41, 5.74) is 0. The van der Waals surface area contributed by atoms with Crippen molar-refractivity contribution in [2.75, 3.05) is 0 Å². The normalized spacial score (nSPS) is 33.4. The Morgan fingerprint density at radius 2 is 2.07 bits per heavy atom. The number of carbonyl (C=O) groups is 2. The summed E-state index contributed by atoms with van der Waals surface area (Å²) in [6, 6.07) is 0. The molecule has 0 saturated carbocycles. The highest BCUT2D eigenvalue weighted by atomic mass is 16.5. The summed E-state index contributed by atoms with van der Waals surface area (Å²) >= 11 is 0. The molecule has 0 spiro atoms. The minimum atomic E-state index is -0.604. The van der Waals surface area contributed by atoms with Gasteiger partial charge in [0.2, 0.25) is 0 Å². The van der Waals surface area contributed by atoms with E-state index in [4.69, 9.17) is 4.74 Å². The van der Waals surface area contributed by atoms with Crippen LogP contribution in [-0.4, -0.2) is 17.9 Å². The quantitative estimate of drug-likeness (QED) is 0.406. The molecule has 0 aromatic heterocycles. The van der Waals surface area contributed by atoms with Crippen molar-refractivity contribution < 1.29 is 14.3 Å². The van der Waals surface area contributed by atoms with Gasteiger partial charge in [-0.05, 0) is 19.3 Å². The first-order valence-electron chi connectivity index (χ1n) is 5.34. The zero-order valence-corrected chi connectivity index (χ0v) is 9.53. The lowest BCUT2D eigenvalue weighted by Gasteiger charge is -2.34. The first-order valence-corrected chi connectivity index (χ1v) is 5.34. The van der Waals surface area contributed by atoms with Crippen LogP contribution in [0, 0.1) is 17.8 Å². The van der Waals surface area contributed by atoms with E-state index in [0.717, 1.165) is 6.42 Å². The van der Waals surface area contributed by atoms with E-state index in [1.807, 2.05) is 13.8 Å². The Bertz CT molecular complexity index is 283. The first kappa shape index (κ1) is 12.0. The fourth-order valence-electron chi connectivity index (χ4n) is 2.02. The van der Waals surface area contributed by atoms with Crippen LogP contribution in [0.3, 0.4) is 0 Å². The van der Waals surface area contributed by atoms with Gasteiger partial charge in [0.25, 0.3) is 0 Å². The lowest BCUT2D eigenvalue weighted by Crippen LogP contribution is -2.46. The number of allylic oxidation sites excluding steroid dienone is 1. The van der Waals surface area contributed by atoms with Crippen LogP contribution in [-0.2, 0) is 14.3 Å². The molecule has 15 heavy (non-hydrogen) atoms. The van der Waals surface area contributed by atoms with Crippen molar-refractivity contribution in [1.29, 1.82) is 0 Å². The second kappa shape index (κ2) is 4.60. The number of hydrogen-bond acceptors (Lipinski definition) is 3. The van der Waals surface area contributed by atoms with Gasteiger partial charge in [-0.25, -0.2) is 0 Å². The summed E-state index contributed by atoms with van der Waals surface area (Å²) in [4.78, 5) is 23.1. The number of Topliss-reactive ketones (excluding diaryl/α,β-unsaturated/α-hetero) is 1. The Balaban J connectivity index is 2.78. The molecule has 0 radical (unpaired) electrons. The predicted molar refractivity (Wildman–Crippen MR) is 57.2 cm³/mol.